The van der Waals surface area contributed by atoms with Crippen molar-refractivity contribution in [2.45, 2.75) is 38.9 Å². The number of aryl methyl sites for hydroxylation is 2. The van der Waals surface area contributed by atoms with Crippen LogP contribution >= 0.6 is 0 Å². The third kappa shape index (κ3) is 1.89. The highest BCUT2D eigenvalue weighted by Gasteiger charge is 2.20. The monoisotopic (exact) mass is 277 g/mol. The Labute approximate surface area is 115 Å². The van der Waals surface area contributed by atoms with Crippen LogP contribution in [-0.2, 0) is 20.1 Å². The first-order valence-corrected chi connectivity index (χ1v) is 7.01. The second-order valence-electron chi connectivity index (χ2n) is 5.25. The highest BCUT2D eigenvalue weighted by Crippen LogP contribution is 2.08. The second kappa shape index (κ2) is 4.90. The maximum absolute atomic E-state index is 12.6. The predicted octanol–water partition coefficient (Wildman–Crippen LogP) is -0.331. The van der Waals surface area contributed by atoms with E-state index in [1.165, 1.54) is 9.13 Å². The molecule has 1 saturated heterocycles. The summed E-state index contributed by atoms with van der Waals surface area (Å²) in [6.07, 6.45) is 3.71. The van der Waals surface area contributed by atoms with Gasteiger partial charge in [-0.1, -0.05) is 0 Å². The van der Waals surface area contributed by atoms with Crippen LogP contribution in [0.2, 0.25) is 0 Å². The fourth-order valence-corrected chi connectivity index (χ4v) is 2.86. The SMILES string of the molecule is CCn1cnc2c1c(=O)n(CC1CCCN1)c(=O)n2C. The van der Waals surface area contributed by atoms with Gasteiger partial charge in [0, 0.05) is 26.2 Å². The van der Waals surface area contributed by atoms with Gasteiger partial charge >= 0.3 is 5.69 Å². The number of nitrogens with zero attached hydrogens (tertiary/aromatic N) is 4. The minimum atomic E-state index is -0.294. The highest BCUT2D eigenvalue weighted by atomic mass is 16.2. The summed E-state index contributed by atoms with van der Waals surface area (Å²) in [5.41, 5.74) is 0.429. The molecule has 1 N–H and O–H groups in total. The fourth-order valence-electron chi connectivity index (χ4n) is 2.86. The summed E-state index contributed by atoms with van der Waals surface area (Å²) < 4.78 is 4.58. The summed E-state index contributed by atoms with van der Waals surface area (Å²) in [5.74, 6) is 0. The van der Waals surface area contributed by atoms with Gasteiger partial charge in [0.05, 0.1) is 6.33 Å². The molecule has 3 heterocycles. The molecule has 1 unspecified atom stereocenters. The first kappa shape index (κ1) is 13.1. The van der Waals surface area contributed by atoms with E-state index in [0.29, 0.717) is 24.3 Å². The van der Waals surface area contributed by atoms with E-state index in [1.54, 1.807) is 17.9 Å². The summed E-state index contributed by atoms with van der Waals surface area (Å²) in [5, 5.41) is 3.32. The van der Waals surface area contributed by atoms with Gasteiger partial charge in [-0.15, -0.1) is 0 Å². The number of imidazole rings is 1. The van der Waals surface area contributed by atoms with Crippen LogP contribution in [-0.4, -0.2) is 31.3 Å². The quantitative estimate of drug-likeness (QED) is 0.833. The van der Waals surface area contributed by atoms with Gasteiger partial charge in [0.2, 0.25) is 0 Å². The minimum absolute atomic E-state index is 0.204. The Balaban J connectivity index is 2.20. The lowest BCUT2D eigenvalue weighted by Crippen LogP contribution is -2.43. The molecule has 0 aromatic carbocycles. The van der Waals surface area contributed by atoms with Crippen molar-refractivity contribution in [3.8, 4) is 0 Å². The van der Waals surface area contributed by atoms with E-state index in [4.69, 9.17) is 0 Å². The van der Waals surface area contributed by atoms with Crippen LogP contribution < -0.4 is 16.6 Å². The predicted molar refractivity (Wildman–Crippen MR) is 75.9 cm³/mol. The van der Waals surface area contributed by atoms with Crippen LogP contribution in [0.3, 0.4) is 0 Å². The largest absolute Gasteiger partial charge is 0.332 e. The zero-order valence-corrected chi connectivity index (χ0v) is 11.8. The second-order valence-corrected chi connectivity index (χ2v) is 5.25. The molecular formula is C13H19N5O2. The molecule has 7 heteroatoms. The molecule has 3 rings (SSSR count). The highest BCUT2D eigenvalue weighted by molar-refractivity contribution is 5.69. The number of hydrogen-bond acceptors (Lipinski definition) is 4. The van der Waals surface area contributed by atoms with Crippen LogP contribution in [0.25, 0.3) is 11.2 Å². The van der Waals surface area contributed by atoms with E-state index in [-0.39, 0.29) is 17.3 Å². The lowest BCUT2D eigenvalue weighted by Gasteiger charge is -2.13. The molecule has 0 amide bonds. The van der Waals surface area contributed by atoms with Crippen molar-refractivity contribution < 1.29 is 0 Å². The molecule has 1 aliphatic heterocycles. The molecule has 1 aliphatic rings. The Morgan fingerprint density at radius 2 is 2.25 bits per heavy atom. The fraction of sp³-hybridized carbons (Fsp3) is 0.615. The van der Waals surface area contributed by atoms with Gasteiger partial charge in [-0.25, -0.2) is 9.78 Å². The molecule has 0 saturated carbocycles. The van der Waals surface area contributed by atoms with E-state index in [2.05, 4.69) is 10.3 Å². The van der Waals surface area contributed by atoms with Crippen LogP contribution in [0.5, 0.6) is 0 Å². The maximum atomic E-state index is 12.6. The van der Waals surface area contributed by atoms with Crippen LogP contribution in [0.15, 0.2) is 15.9 Å². The Hall–Kier alpha value is -1.89. The average molecular weight is 277 g/mol. The van der Waals surface area contributed by atoms with Crippen LogP contribution in [0.4, 0.5) is 0 Å². The standard InChI is InChI=1S/C13H19N5O2/c1-3-17-8-15-11-10(17)12(19)18(13(20)16(11)2)7-9-5-4-6-14-9/h8-9,14H,3-7H2,1-2H3. The summed E-state index contributed by atoms with van der Waals surface area (Å²) in [6.45, 7) is 3.99. The van der Waals surface area contributed by atoms with Crippen LogP contribution in [0.1, 0.15) is 19.8 Å². The van der Waals surface area contributed by atoms with Gasteiger partial charge in [0.1, 0.15) is 0 Å². The molecule has 1 fully saturated rings. The maximum Gasteiger partial charge on any atom is 0.332 e. The number of rotatable bonds is 3. The smallest absolute Gasteiger partial charge is 0.325 e. The lowest BCUT2D eigenvalue weighted by atomic mass is 10.2. The summed E-state index contributed by atoms with van der Waals surface area (Å²) in [4.78, 5) is 29.1. The van der Waals surface area contributed by atoms with Gasteiger partial charge in [-0.3, -0.25) is 13.9 Å². The Morgan fingerprint density at radius 1 is 1.45 bits per heavy atom. The molecule has 108 valence electrons. The number of aromatic nitrogens is 4. The van der Waals surface area contributed by atoms with Crippen molar-refractivity contribution in [1.82, 2.24) is 24.0 Å². The number of hydrogen-bond donors (Lipinski definition) is 1. The zero-order chi connectivity index (χ0) is 14.3. The molecule has 0 aliphatic carbocycles. The topological polar surface area (TPSA) is 73.8 Å². The molecule has 0 radical (unpaired) electrons. The van der Waals surface area contributed by atoms with Gasteiger partial charge in [-0.05, 0) is 26.3 Å². The van der Waals surface area contributed by atoms with Crippen molar-refractivity contribution in [3.63, 3.8) is 0 Å². The first-order valence-electron chi connectivity index (χ1n) is 7.01. The van der Waals surface area contributed by atoms with Crippen molar-refractivity contribution >= 4 is 11.2 Å². The molecular weight excluding hydrogens is 258 g/mol. The van der Waals surface area contributed by atoms with Crippen molar-refractivity contribution in [2.24, 2.45) is 7.05 Å². The average Bonchev–Trinajstić information content (AvgIpc) is 3.09. The van der Waals surface area contributed by atoms with E-state index in [1.807, 2.05) is 6.92 Å². The molecule has 2 aromatic heterocycles. The normalized spacial score (nSPS) is 19.0. The van der Waals surface area contributed by atoms with Gasteiger partial charge in [-0.2, -0.15) is 0 Å². The summed E-state index contributed by atoms with van der Waals surface area (Å²) in [7, 11) is 1.66. The van der Waals surface area contributed by atoms with Crippen molar-refractivity contribution in [1.29, 1.82) is 0 Å². The first-order chi connectivity index (χ1) is 9.63. The van der Waals surface area contributed by atoms with E-state index in [0.717, 1.165) is 19.4 Å². The lowest BCUT2D eigenvalue weighted by molar-refractivity contribution is 0.477. The molecule has 1 atom stereocenters. The van der Waals surface area contributed by atoms with E-state index in [9.17, 15) is 9.59 Å². The van der Waals surface area contributed by atoms with E-state index >= 15 is 0 Å². The molecule has 20 heavy (non-hydrogen) atoms. The number of fused-ring (bicyclic) bond motifs is 1. The van der Waals surface area contributed by atoms with Crippen molar-refractivity contribution in [3.05, 3.63) is 27.2 Å². The van der Waals surface area contributed by atoms with Gasteiger partial charge in [0.25, 0.3) is 5.56 Å². The molecule has 0 bridgehead atoms. The zero-order valence-electron chi connectivity index (χ0n) is 11.8. The van der Waals surface area contributed by atoms with Crippen LogP contribution in [0, 0.1) is 0 Å². The number of nitrogens with one attached hydrogen (secondary N) is 1. The van der Waals surface area contributed by atoms with Gasteiger partial charge in [0.15, 0.2) is 11.2 Å². The molecule has 7 nitrogen and oxygen atoms in total. The Kier molecular flexibility index (Phi) is 3.21. The van der Waals surface area contributed by atoms with Crippen molar-refractivity contribution in [2.75, 3.05) is 6.54 Å². The third-order valence-corrected chi connectivity index (χ3v) is 4.01. The van der Waals surface area contributed by atoms with E-state index < -0.39 is 0 Å². The summed E-state index contributed by atoms with van der Waals surface area (Å²) in [6, 6.07) is 0.204. The van der Waals surface area contributed by atoms with Gasteiger partial charge < -0.3 is 9.88 Å². The molecule has 0 spiro atoms. The molecule has 2 aromatic rings. The Bertz CT molecular complexity index is 748. The Morgan fingerprint density at radius 3 is 2.90 bits per heavy atom. The minimum Gasteiger partial charge on any atom is -0.325 e. The summed E-state index contributed by atoms with van der Waals surface area (Å²) >= 11 is 0. The third-order valence-electron chi connectivity index (χ3n) is 4.01.